The van der Waals surface area contributed by atoms with Crippen LogP contribution in [0.2, 0.25) is 0 Å². The first-order chi connectivity index (χ1) is 9.10. The second-order valence-electron chi connectivity index (χ2n) is 3.57. The third-order valence-electron chi connectivity index (χ3n) is 2.28. The van der Waals surface area contributed by atoms with Crippen molar-refractivity contribution in [2.24, 2.45) is 0 Å². The Morgan fingerprint density at radius 1 is 1.37 bits per heavy atom. The molecule has 7 nitrogen and oxygen atoms in total. The first kappa shape index (κ1) is 12.6. The Kier molecular flexibility index (Phi) is 3.46. The van der Waals surface area contributed by atoms with Gasteiger partial charge < -0.3 is 19.7 Å². The van der Waals surface area contributed by atoms with E-state index in [2.05, 4.69) is 15.0 Å². The van der Waals surface area contributed by atoms with Crippen molar-refractivity contribution in [2.75, 3.05) is 12.4 Å². The minimum atomic E-state index is -1.28. The fraction of sp³-hybridized carbons (Fsp3) is 0.0833. The first-order valence-corrected chi connectivity index (χ1v) is 5.25. The molecule has 0 unspecified atom stereocenters. The number of benzene rings is 1. The number of aromatic nitrogens is 1. The molecule has 0 bridgehead atoms. The Morgan fingerprint density at radius 3 is 2.79 bits per heavy atom. The summed E-state index contributed by atoms with van der Waals surface area (Å²) in [6.45, 7) is 0. The molecule has 2 rings (SSSR count). The van der Waals surface area contributed by atoms with E-state index in [-0.39, 0.29) is 5.69 Å². The van der Waals surface area contributed by atoms with Gasteiger partial charge in [0.25, 0.3) is 5.91 Å². The molecular formula is C12H10N2O5. The number of carboxylic acids is 1. The van der Waals surface area contributed by atoms with E-state index in [1.807, 2.05) is 0 Å². The van der Waals surface area contributed by atoms with Crippen molar-refractivity contribution in [3.05, 3.63) is 41.8 Å². The van der Waals surface area contributed by atoms with E-state index in [4.69, 9.17) is 9.84 Å². The summed E-state index contributed by atoms with van der Waals surface area (Å²) in [5.41, 5.74) is 0.393. The third kappa shape index (κ3) is 2.89. The van der Waals surface area contributed by atoms with Crippen LogP contribution in [0.4, 0.5) is 5.69 Å². The van der Waals surface area contributed by atoms with Crippen LogP contribution < -0.4 is 10.1 Å². The average Bonchev–Trinajstić information content (AvgIpc) is 2.89. The zero-order valence-electron chi connectivity index (χ0n) is 9.91. The minimum absolute atomic E-state index is 0.111. The molecule has 1 heterocycles. The number of amides is 1. The molecule has 0 atom stereocenters. The Bertz CT molecular complexity index is 620. The summed E-state index contributed by atoms with van der Waals surface area (Å²) >= 11 is 0. The first-order valence-electron chi connectivity index (χ1n) is 5.25. The minimum Gasteiger partial charge on any atom is -0.497 e. The van der Waals surface area contributed by atoms with Crippen LogP contribution in [0.5, 0.6) is 5.75 Å². The van der Waals surface area contributed by atoms with Gasteiger partial charge in [-0.25, -0.2) is 4.79 Å². The highest BCUT2D eigenvalue weighted by molar-refractivity contribution is 6.03. The lowest BCUT2D eigenvalue weighted by Crippen LogP contribution is -2.12. The van der Waals surface area contributed by atoms with Crippen molar-refractivity contribution in [1.82, 2.24) is 5.16 Å². The molecule has 7 heteroatoms. The number of aromatic carboxylic acids is 1. The van der Waals surface area contributed by atoms with Gasteiger partial charge in [-0.15, -0.1) is 0 Å². The van der Waals surface area contributed by atoms with Gasteiger partial charge in [0.05, 0.1) is 7.11 Å². The van der Waals surface area contributed by atoms with Crippen LogP contribution in [0.15, 0.2) is 34.9 Å². The summed E-state index contributed by atoms with van der Waals surface area (Å²) in [6.07, 6.45) is 0. The zero-order chi connectivity index (χ0) is 13.8. The number of rotatable bonds is 4. The van der Waals surface area contributed by atoms with Crippen molar-refractivity contribution in [3.63, 3.8) is 0 Å². The number of carbonyl (C=O) groups excluding carboxylic acids is 1. The summed E-state index contributed by atoms with van der Waals surface area (Å²) < 4.78 is 9.51. The summed E-state index contributed by atoms with van der Waals surface area (Å²) in [4.78, 5) is 22.4. The van der Waals surface area contributed by atoms with Crippen molar-refractivity contribution >= 4 is 17.6 Å². The van der Waals surface area contributed by atoms with Gasteiger partial charge in [0.2, 0.25) is 5.76 Å². The van der Waals surface area contributed by atoms with Crippen molar-refractivity contribution < 1.29 is 24.0 Å². The van der Waals surface area contributed by atoms with E-state index in [0.717, 1.165) is 6.07 Å². The van der Waals surface area contributed by atoms with E-state index in [1.54, 1.807) is 24.3 Å². The van der Waals surface area contributed by atoms with Gasteiger partial charge in [-0.05, 0) is 12.1 Å². The van der Waals surface area contributed by atoms with E-state index < -0.39 is 17.6 Å². The maximum atomic E-state index is 11.8. The SMILES string of the molecule is COc1cccc(NC(=O)c2cc(C(=O)O)on2)c1. The van der Waals surface area contributed by atoms with Gasteiger partial charge in [-0.2, -0.15) is 0 Å². The number of anilines is 1. The van der Waals surface area contributed by atoms with Gasteiger partial charge in [-0.3, -0.25) is 4.79 Å². The molecule has 19 heavy (non-hydrogen) atoms. The molecule has 98 valence electrons. The number of carbonyl (C=O) groups is 2. The molecular weight excluding hydrogens is 252 g/mol. The van der Waals surface area contributed by atoms with Crippen LogP contribution in [0.3, 0.4) is 0 Å². The van der Waals surface area contributed by atoms with Crippen LogP contribution in [0.1, 0.15) is 21.0 Å². The van der Waals surface area contributed by atoms with Crippen molar-refractivity contribution in [1.29, 1.82) is 0 Å². The molecule has 0 radical (unpaired) electrons. The number of hydrogen-bond donors (Lipinski definition) is 2. The molecule has 2 aromatic rings. The molecule has 0 aliphatic rings. The topological polar surface area (TPSA) is 102 Å². The number of methoxy groups -OCH3 is 1. The fourth-order valence-electron chi connectivity index (χ4n) is 1.38. The monoisotopic (exact) mass is 262 g/mol. The number of ether oxygens (including phenoxy) is 1. The standard InChI is InChI=1S/C12H10N2O5/c1-18-8-4-2-3-7(5-8)13-11(15)9-6-10(12(16)17)19-14-9/h2-6H,1H3,(H,13,15)(H,16,17). The lowest BCUT2D eigenvalue weighted by atomic mass is 10.3. The van der Waals surface area contributed by atoms with Gasteiger partial charge in [0.15, 0.2) is 5.69 Å². The highest BCUT2D eigenvalue weighted by Gasteiger charge is 2.16. The van der Waals surface area contributed by atoms with Crippen LogP contribution >= 0.6 is 0 Å². The average molecular weight is 262 g/mol. The predicted octanol–water partition coefficient (Wildman–Crippen LogP) is 1.63. The summed E-state index contributed by atoms with van der Waals surface area (Å²) in [6, 6.07) is 7.78. The molecule has 1 amide bonds. The van der Waals surface area contributed by atoms with E-state index in [1.165, 1.54) is 7.11 Å². The van der Waals surface area contributed by atoms with Gasteiger partial charge >= 0.3 is 5.97 Å². The van der Waals surface area contributed by atoms with Crippen molar-refractivity contribution in [2.45, 2.75) is 0 Å². The molecule has 1 aromatic carbocycles. The Labute approximate surface area is 107 Å². The maximum absolute atomic E-state index is 11.8. The normalized spacial score (nSPS) is 9.95. The van der Waals surface area contributed by atoms with Crippen LogP contribution in [0.25, 0.3) is 0 Å². The molecule has 0 aliphatic carbocycles. The quantitative estimate of drug-likeness (QED) is 0.868. The van der Waals surface area contributed by atoms with E-state index in [9.17, 15) is 9.59 Å². The summed E-state index contributed by atoms with van der Waals surface area (Å²) in [7, 11) is 1.51. The number of carboxylic acid groups (broad SMARTS) is 1. The Balaban J connectivity index is 2.13. The fourth-order valence-corrected chi connectivity index (χ4v) is 1.38. The molecule has 1 aromatic heterocycles. The number of nitrogens with zero attached hydrogens (tertiary/aromatic N) is 1. The zero-order valence-corrected chi connectivity index (χ0v) is 9.91. The number of nitrogens with one attached hydrogen (secondary N) is 1. The van der Waals surface area contributed by atoms with Crippen molar-refractivity contribution in [3.8, 4) is 5.75 Å². The van der Waals surface area contributed by atoms with Gasteiger partial charge in [-0.1, -0.05) is 11.2 Å². The van der Waals surface area contributed by atoms with Crippen LogP contribution in [0, 0.1) is 0 Å². The molecule has 2 N–H and O–H groups in total. The lowest BCUT2D eigenvalue weighted by Gasteiger charge is -2.04. The van der Waals surface area contributed by atoms with Gasteiger partial charge in [0.1, 0.15) is 5.75 Å². The maximum Gasteiger partial charge on any atom is 0.374 e. The highest BCUT2D eigenvalue weighted by atomic mass is 16.5. The summed E-state index contributed by atoms with van der Waals surface area (Å²) in [5, 5.41) is 14.6. The van der Waals surface area contributed by atoms with Gasteiger partial charge in [0, 0.05) is 17.8 Å². The Morgan fingerprint density at radius 2 is 2.16 bits per heavy atom. The second kappa shape index (κ2) is 5.21. The third-order valence-corrected chi connectivity index (χ3v) is 2.28. The Hall–Kier alpha value is -2.83. The smallest absolute Gasteiger partial charge is 0.374 e. The largest absolute Gasteiger partial charge is 0.497 e. The molecule has 0 saturated heterocycles. The predicted molar refractivity (Wildman–Crippen MR) is 64.4 cm³/mol. The van der Waals surface area contributed by atoms with E-state index >= 15 is 0 Å². The molecule has 0 aliphatic heterocycles. The van der Waals surface area contributed by atoms with E-state index in [0.29, 0.717) is 11.4 Å². The molecule has 0 saturated carbocycles. The molecule has 0 spiro atoms. The summed E-state index contributed by atoms with van der Waals surface area (Å²) in [5.74, 6) is -1.66. The van der Waals surface area contributed by atoms with Crippen LogP contribution in [-0.4, -0.2) is 29.2 Å². The second-order valence-corrected chi connectivity index (χ2v) is 3.57. The highest BCUT2D eigenvalue weighted by Crippen LogP contribution is 2.17. The molecule has 0 fully saturated rings. The lowest BCUT2D eigenvalue weighted by molar-refractivity contribution is 0.0651. The number of hydrogen-bond acceptors (Lipinski definition) is 5. The van der Waals surface area contributed by atoms with Crippen LogP contribution in [-0.2, 0) is 0 Å².